The summed E-state index contributed by atoms with van der Waals surface area (Å²) in [6.45, 7) is 4.52. The number of rotatable bonds is 1. The summed E-state index contributed by atoms with van der Waals surface area (Å²) in [5, 5.41) is 3.53. The van der Waals surface area contributed by atoms with Crippen LogP contribution in [-0.4, -0.2) is 13.1 Å². The van der Waals surface area contributed by atoms with Crippen LogP contribution in [0.15, 0.2) is 24.3 Å². The number of piperidine rings is 1. The van der Waals surface area contributed by atoms with Crippen LogP contribution in [-0.2, 0) is 0 Å². The first-order chi connectivity index (χ1) is 9.70. The van der Waals surface area contributed by atoms with Crippen molar-refractivity contribution in [2.24, 2.45) is 11.3 Å². The third-order valence-corrected chi connectivity index (χ3v) is 5.64. The molecule has 110 valence electrons. The third-order valence-electron chi connectivity index (χ3n) is 5.64. The van der Waals surface area contributed by atoms with Gasteiger partial charge in [0.25, 0.3) is 0 Å². The van der Waals surface area contributed by atoms with Gasteiger partial charge >= 0.3 is 0 Å². The molecule has 0 bridgehead atoms. The Balaban J connectivity index is 1.90. The minimum absolute atomic E-state index is 0.0924. The van der Waals surface area contributed by atoms with E-state index in [-0.39, 0.29) is 5.82 Å². The van der Waals surface area contributed by atoms with E-state index in [0.29, 0.717) is 11.3 Å². The molecule has 3 unspecified atom stereocenters. The number of benzene rings is 1. The number of hydrogen-bond donors (Lipinski definition) is 1. The van der Waals surface area contributed by atoms with Crippen molar-refractivity contribution < 1.29 is 4.39 Å². The van der Waals surface area contributed by atoms with Gasteiger partial charge in [-0.25, -0.2) is 4.39 Å². The molecule has 1 aliphatic carbocycles. The van der Waals surface area contributed by atoms with Gasteiger partial charge in [-0.1, -0.05) is 38.3 Å². The zero-order valence-electron chi connectivity index (χ0n) is 12.5. The molecule has 1 aromatic carbocycles. The van der Waals surface area contributed by atoms with Crippen molar-refractivity contribution in [3.63, 3.8) is 0 Å². The van der Waals surface area contributed by atoms with Crippen LogP contribution >= 0.6 is 0 Å². The Kier molecular flexibility index (Phi) is 4.11. The van der Waals surface area contributed by atoms with E-state index in [1.807, 2.05) is 6.07 Å². The summed E-state index contributed by atoms with van der Waals surface area (Å²) in [6, 6.07) is 7.30. The predicted molar refractivity (Wildman–Crippen MR) is 81.3 cm³/mol. The van der Waals surface area contributed by atoms with Gasteiger partial charge in [0.1, 0.15) is 5.82 Å². The minimum atomic E-state index is -0.0924. The second-order valence-electron chi connectivity index (χ2n) is 6.96. The fourth-order valence-corrected chi connectivity index (χ4v) is 4.37. The topological polar surface area (TPSA) is 12.0 Å². The molecule has 1 saturated heterocycles. The lowest BCUT2D eigenvalue weighted by Gasteiger charge is -2.45. The van der Waals surface area contributed by atoms with Gasteiger partial charge in [-0.15, -0.1) is 0 Å². The highest BCUT2D eigenvalue weighted by Crippen LogP contribution is 2.50. The first kappa shape index (κ1) is 14.1. The Labute approximate surface area is 122 Å². The maximum atomic E-state index is 13.6. The molecule has 0 radical (unpaired) electrons. The normalized spacial score (nSPS) is 34.9. The van der Waals surface area contributed by atoms with Gasteiger partial charge in [-0.2, -0.15) is 0 Å². The van der Waals surface area contributed by atoms with Crippen molar-refractivity contribution in [1.82, 2.24) is 5.32 Å². The van der Waals surface area contributed by atoms with Crippen LogP contribution in [0.2, 0.25) is 0 Å². The van der Waals surface area contributed by atoms with E-state index >= 15 is 0 Å². The summed E-state index contributed by atoms with van der Waals surface area (Å²) in [5.41, 5.74) is 1.61. The van der Waals surface area contributed by atoms with Crippen LogP contribution in [0, 0.1) is 17.2 Å². The van der Waals surface area contributed by atoms with Crippen LogP contribution < -0.4 is 5.32 Å². The molecule has 3 atom stereocenters. The van der Waals surface area contributed by atoms with Gasteiger partial charge in [-0.05, 0) is 54.8 Å². The molecule has 1 heterocycles. The zero-order valence-corrected chi connectivity index (χ0v) is 12.5. The van der Waals surface area contributed by atoms with Gasteiger partial charge in [0.15, 0.2) is 0 Å². The van der Waals surface area contributed by atoms with Crippen molar-refractivity contribution in [3.8, 4) is 0 Å². The van der Waals surface area contributed by atoms with Crippen LogP contribution in [0.5, 0.6) is 0 Å². The summed E-state index contributed by atoms with van der Waals surface area (Å²) in [4.78, 5) is 0. The maximum Gasteiger partial charge on any atom is 0.123 e. The van der Waals surface area contributed by atoms with Gasteiger partial charge in [0.05, 0.1) is 0 Å². The van der Waals surface area contributed by atoms with E-state index in [2.05, 4.69) is 18.3 Å². The van der Waals surface area contributed by atoms with E-state index < -0.39 is 0 Å². The maximum absolute atomic E-state index is 13.6. The second-order valence-corrected chi connectivity index (χ2v) is 6.96. The quantitative estimate of drug-likeness (QED) is 0.796. The lowest BCUT2D eigenvalue weighted by atomic mass is 9.63. The van der Waals surface area contributed by atoms with Crippen LogP contribution in [0.4, 0.5) is 4.39 Å². The Morgan fingerprint density at radius 2 is 2.10 bits per heavy atom. The highest BCUT2D eigenvalue weighted by molar-refractivity contribution is 5.25. The molecule has 0 amide bonds. The zero-order chi connectivity index (χ0) is 14.0. The standard InChI is InChI=1S/C18H26FN/c1-14-4-3-8-18(9-7-14)10-11-20-13-17(18)15-5-2-6-16(19)12-15/h2,5-6,12,14,17,20H,3-4,7-11,13H2,1H3. The molecule has 0 aromatic heterocycles. The lowest BCUT2D eigenvalue weighted by molar-refractivity contribution is 0.135. The largest absolute Gasteiger partial charge is 0.316 e. The van der Waals surface area contributed by atoms with Crippen LogP contribution in [0.1, 0.15) is 56.9 Å². The first-order valence-electron chi connectivity index (χ1n) is 8.16. The average Bonchev–Trinajstić information content (AvgIpc) is 2.63. The van der Waals surface area contributed by atoms with Gasteiger partial charge < -0.3 is 5.32 Å². The highest BCUT2D eigenvalue weighted by atomic mass is 19.1. The number of hydrogen-bond acceptors (Lipinski definition) is 1. The summed E-state index contributed by atoms with van der Waals surface area (Å²) in [6.07, 6.45) is 7.93. The summed E-state index contributed by atoms with van der Waals surface area (Å²) in [5.74, 6) is 1.25. The Hall–Kier alpha value is -0.890. The molecule has 1 aromatic rings. The highest BCUT2D eigenvalue weighted by Gasteiger charge is 2.42. The van der Waals surface area contributed by atoms with E-state index in [9.17, 15) is 4.39 Å². The lowest BCUT2D eigenvalue weighted by Crippen LogP contribution is -2.43. The molecule has 1 spiro atoms. The Bertz CT molecular complexity index is 458. The summed E-state index contributed by atoms with van der Waals surface area (Å²) in [7, 11) is 0. The van der Waals surface area contributed by atoms with Crippen LogP contribution in [0.25, 0.3) is 0 Å². The summed E-state index contributed by atoms with van der Waals surface area (Å²) < 4.78 is 13.6. The number of nitrogens with one attached hydrogen (secondary N) is 1. The SMILES string of the molecule is CC1CCCC2(CCNCC2c2cccc(F)c2)CC1. The molecule has 20 heavy (non-hydrogen) atoms. The van der Waals surface area contributed by atoms with Crippen molar-refractivity contribution in [1.29, 1.82) is 0 Å². The van der Waals surface area contributed by atoms with Crippen molar-refractivity contribution >= 4 is 0 Å². The number of halogens is 1. The third kappa shape index (κ3) is 2.76. The fourth-order valence-electron chi connectivity index (χ4n) is 4.37. The molecular weight excluding hydrogens is 249 g/mol. The van der Waals surface area contributed by atoms with Gasteiger partial charge in [0.2, 0.25) is 0 Å². The predicted octanol–water partition coefficient (Wildman–Crippen LogP) is 4.49. The average molecular weight is 275 g/mol. The monoisotopic (exact) mass is 275 g/mol. The van der Waals surface area contributed by atoms with Crippen LogP contribution in [0.3, 0.4) is 0 Å². The van der Waals surface area contributed by atoms with Crippen molar-refractivity contribution in [3.05, 3.63) is 35.6 Å². The van der Waals surface area contributed by atoms with E-state index in [0.717, 1.165) is 19.0 Å². The smallest absolute Gasteiger partial charge is 0.123 e. The van der Waals surface area contributed by atoms with E-state index in [4.69, 9.17) is 0 Å². The second kappa shape index (κ2) is 5.85. The molecule has 1 saturated carbocycles. The molecule has 1 aliphatic heterocycles. The van der Waals surface area contributed by atoms with E-state index in [1.165, 1.54) is 44.1 Å². The molecule has 1 N–H and O–H groups in total. The van der Waals surface area contributed by atoms with Crippen molar-refractivity contribution in [2.75, 3.05) is 13.1 Å². The Morgan fingerprint density at radius 3 is 2.95 bits per heavy atom. The Morgan fingerprint density at radius 1 is 1.20 bits per heavy atom. The van der Waals surface area contributed by atoms with Gasteiger partial charge in [-0.3, -0.25) is 0 Å². The molecule has 2 heteroatoms. The molecule has 2 fully saturated rings. The minimum Gasteiger partial charge on any atom is -0.316 e. The van der Waals surface area contributed by atoms with Gasteiger partial charge in [0, 0.05) is 12.5 Å². The van der Waals surface area contributed by atoms with E-state index in [1.54, 1.807) is 12.1 Å². The summed E-state index contributed by atoms with van der Waals surface area (Å²) >= 11 is 0. The first-order valence-corrected chi connectivity index (χ1v) is 8.16. The molecular formula is C18H26FN. The molecule has 2 aliphatic rings. The molecule has 3 rings (SSSR count). The van der Waals surface area contributed by atoms with Crippen molar-refractivity contribution in [2.45, 2.75) is 51.4 Å². The molecule has 1 nitrogen and oxygen atoms in total. The fraction of sp³-hybridized carbons (Fsp3) is 0.667.